The zero-order valence-corrected chi connectivity index (χ0v) is 17.5. The Balaban J connectivity index is 1.40. The highest BCUT2D eigenvalue weighted by atomic mass is 16.6. The normalized spacial score (nSPS) is 16.8. The first-order chi connectivity index (χ1) is 14.5. The second-order valence-corrected chi connectivity index (χ2v) is 7.86. The maximum atomic E-state index is 12.1. The number of nitro benzene ring substituents is 1. The van der Waals surface area contributed by atoms with E-state index in [4.69, 9.17) is 0 Å². The summed E-state index contributed by atoms with van der Waals surface area (Å²) in [4.78, 5) is 25.2. The Morgan fingerprint density at radius 2 is 1.87 bits per heavy atom. The van der Waals surface area contributed by atoms with E-state index in [1.807, 2.05) is 0 Å². The lowest BCUT2D eigenvalue weighted by Gasteiger charge is -2.33. The summed E-state index contributed by atoms with van der Waals surface area (Å²) in [6, 6.07) is 15.5. The van der Waals surface area contributed by atoms with Crippen molar-refractivity contribution in [1.82, 2.24) is 10.2 Å². The Morgan fingerprint density at radius 1 is 1.13 bits per heavy atom. The van der Waals surface area contributed by atoms with Gasteiger partial charge in [-0.15, -0.1) is 0 Å². The molecule has 160 valence electrons. The summed E-state index contributed by atoms with van der Waals surface area (Å²) in [5, 5.41) is 16.9. The number of nitrogens with zero attached hydrogens (tertiary/aromatic N) is 2. The largest absolute Gasteiger partial charge is 0.379 e. The first-order valence-electron chi connectivity index (χ1n) is 10.6. The van der Waals surface area contributed by atoms with Gasteiger partial charge in [0.25, 0.3) is 5.69 Å². The van der Waals surface area contributed by atoms with E-state index in [0.29, 0.717) is 24.8 Å². The molecule has 30 heavy (non-hydrogen) atoms. The molecule has 7 nitrogen and oxygen atoms in total. The highest BCUT2D eigenvalue weighted by molar-refractivity contribution is 5.76. The SMILES string of the molecule is CC1CCCCN1Cc1ccc(CNC(=O)CCNc2ccccc2[N+](=O)[O-])cc1. The number of carbonyl (C=O) groups is 1. The maximum Gasteiger partial charge on any atom is 0.292 e. The van der Waals surface area contributed by atoms with Gasteiger partial charge in [0.1, 0.15) is 5.69 Å². The minimum absolute atomic E-state index is 0.0111. The van der Waals surface area contributed by atoms with E-state index in [1.54, 1.807) is 18.2 Å². The average Bonchev–Trinajstić information content (AvgIpc) is 2.75. The van der Waals surface area contributed by atoms with Crippen LogP contribution in [0.2, 0.25) is 0 Å². The minimum Gasteiger partial charge on any atom is -0.379 e. The zero-order valence-electron chi connectivity index (χ0n) is 17.5. The second-order valence-electron chi connectivity index (χ2n) is 7.86. The summed E-state index contributed by atoms with van der Waals surface area (Å²) in [6.07, 6.45) is 4.13. The van der Waals surface area contributed by atoms with Crippen LogP contribution < -0.4 is 10.6 Å². The van der Waals surface area contributed by atoms with Crippen LogP contribution in [0.3, 0.4) is 0 Å². The fourth-order valence-electron chi connectivity index (χ4n) is 3.77. The van der Waals surface area contributed by atoms with E-state index >= 15 is 0 Å². The van der Waals surface area contributed by atoms with Crippen molar-refractivity contribution in [2.45, 2.75) is 51.7 Å². The summed E-state index contributed by atoms with van der Waals surface area (Å²) in [6.45, 7) is 5.26. The Morgan fingerprint density at radius 3 is 2.60 bits per heavy atom. The Kier molecular flexibility index (Phi) is 7.79. The number of hydrogen-bond donors (Lipinski definition) is 2. The number of nitrogens with one attached hydrogen (secondary N) is 2. The van der Waals surface area contributed by atoms with Crippen LogP contribution in [0.25, 0.3) is 0 Å². The molecule has 1 fully saturated rings. The number of nitro groups is 1. The number of hydrogen-bond acceptors (Lipinski definition) is 5. The van der Waals surface area contributed by atoms with Crippen molar-refractivity contribution in [3.05, 3.63) is 69.8 Å². The molecular formula is C23H30N4O3. The van der Waals surface area contributed by atoms with Gasteiger partial charge in [-0.3, -0.25) is 19.8 Å². The van der Waals surface area contributed by atoms with Crippen molar-refractivity contribution >= 4 is 17.3 Å². The molecule has 2 aromatic carbocycles. The van der Waals surface area contributed by atoms with Gasteiger partial charge in [0.15, 0.2) is 0 Å². The molecule has 2 N–H and O–H groups in total. The lowest BCUT2D eigenvalue weighted by molar-refractivity contribution is -0.384. The quantitative estimate of drug-likeness (QED) is 0.480. The molecule has 0 aromatic heterocycles. The molecule has 1 aliphatic rings. The number of carbonyl (C=O) groups excluding carboxylic acids is 1. The van der Waals surface area contributed by atoms with E-state index in [-0.39, 0.29) is 18.0 Å². The predicted molar refractivity (Wildman–Crippen MR) is 118 cm³/mol. The molecule has 7 heteroatoms. The molecule has 1 aliphatic heterocycles. The highest BCUT2D eigenvalue weighted by Gasteiger charge is 2.18. The van der Waals surface area contributed by atoms with E-state index in [1.165, 1.54) is 37.4 Å². The first-order valence-corrected chi connectivity index (χ1v) is 10.6. The van der Waals surface area contributed by atoms with Gasteiger partial charge in [-0.05, 0) is 43.5 Å². The number of rotatable bonds is 9. The summed E-state index contributed by atoms with van der Waals surface area (Å²) < 4.78 is 0. The zero-order chi connectivity index (χ0) is 21.3. The van der Waals surface area contributed by atoms with E-state index in [9.17, 15) is 14.9 Å². The molecule has 1 unspecified atom stereocenters. The number of piperidine rings is 1. The van der Waals surface area contributed by atoms with Crippen molar-refractivity contribution in [2.75, 3.05) is 18.4 Å². The second kappa shape index (κ2) is 10.7. The third-order valence-corrected chi connectivity index (χ3v) is 5.61. The lowest BCUT2D eigenvalue weighted by atomic mass is 10.0. The molecule has 1 amide bonds. The topological polar surface area (TPSA) is 87.5 Å². The van der Waals surface area contributed by atoms with Gasteiger partial charge in [-0.25, -0.2) is 0 Å². The summed E-state index contributed by atoms with van der Waals surface area (Å²) >= 11 is 0. The third-order valence-electron chi connectivity index (χ3n) is 5.61. The van der Waals surface area contributed by atoms with Crippen LogP contribution >= 0.6 is 0 Å². The molecule has 1 atom stereocenters. The summed E-state index contributed by atoms with van der Waals surface area (Å²) in [5.41, 5.74) is 2.80. The molecule has 1 heterocycles. The van der Waals surface area contributed by atoms with Crippen LogP contribution in [0, 0.1) is 10.1 Å². The number of likely N-dealkylation sites (tertiary alicyclic amines) is 1. The van der Waals surface area contributed by atoms with Crippen molar-refractivity contribution in [2.24, 2.45) is 0 Å². The molecule has 0 spiro atoms. The van der Waals surface area contributed by atoms with Crippen molar-refractivity contribution < 1.29 is 9.72 Å². The van der Waals surface area contributed by atoms with Crippen LogP contribution in [0.15, 0.2) is 48.5 Å². The molecule has 0 radical (unpaired) electrons. The van der Waals surface area contributed by atoms with Crippen LogP contribution in [0.5, 0.6) is 0 Å². The van der Waals surface area contributed by atoms with Gasteiger partial charge in [0, 0.05) is 38.2 Å². The standard InChI is InChI=1S/C23H30N4O3/c1-18-6-4-5-15-26(18)17-20-11-9-19(10-12-20)16-25-23(28)13-14-24-21-7-2-3-8-22(21)27(29)30/h2-3,7-12,18,24H,4-6,13-17H2,1H3,(H,25,28). The van der Waals surface area contributed by atoms with Gasteiger partial charge >= 0.3 is 0 Å². The van der Waals surface area contributed by atoms with Crippen LogP contribution in [0.1, 0.15) is 43.7 Å². The molecule has 1 saturated heterocycles. The summed E-state index contributed by atoms with van der Waals surface area (Å²) in [5.74, 6) is -0.0905. The van der Waals surface area contributed by atoms with E-state index < -0.39 is 4.92 Å². The smallest absolute Gasteiger partial charge is 0.292 e. The minimum atomic E-state index is -0.433. The summed E-state index contributed by atoms with van der Waals surface area (Å²) in [7, 11) is 0. The monoisotopic (exact) mass is 410 g/mol. The van der Waals surface area contributed by atoms with Crippen LogP contribution in [-0.4, -0.2) is 34.9 Å². The maximum absolute atomic E-state index is 12.1. The Labute approximate surface area is 177 Å². The van der Waals surface area contributed by atoms with Crippen LogP contribution in [-0.2, 0) is 17.9 Å². The van der Waals surface area contributed by atoms with Gasteiger partial charge in [0.05, 0.1) is 4.92 Å². The van der Waals surface area contributed by atoms with Crippen molar-refractivity contribution in [1.29, 1.82) is 0 Å². The first kappa shape index (κ1) is 21.8. The number of amides is 1. The Hall–Kier alpha value is -2.93. The van der Waals surface area contributed by atoms with Crippen molar-refractivity contribution in [3.63, 3.8) is 0 Å². The molecule has 0 bridgehead atoms. The van der Waals surface area contributed by atoms with Gasteiger partial charge in [-0.2, -0.15) is 0 Å². The van der Waals surface area contributed by atoms with Gasteiger partial charge in [-0.1, -0.05) is 42.8 Å². The molecule has 0 saturated carbocycles. The highest BCUT2D eigenvalue weighted by Crippen LogP contribution is 2.23. The van der Waals surface area contributed by atoms with Crippen LogP contribution in [0.4, 0.5) is 11.4 Å². The molecule has 2 aromatic rings. The van der Waals surface area contributed by atoms with E-state index in [2.05, 4.69) is 46.7 Å². The molecular weight excluding hydrogens is 380 g/mol. The van der Waals surface area contributed by atoms with Gasteiger partial charge < -0.3 is 10.6 Å². The van der Waals surface area contributed by atoms with E-state index in [0.717, 1.165) is 12.1 Å². The molecule has 3 rings (SSSR count). The predicted octanol–water partition coefficient (Wildman–Crippen LogP) is 4.09. The fourth-order valence-corrected chi connectivity index (χ4v) is 3.77. The average molecular weight is 411 g/mol. The number of benzene rings is 2. The molecule has 0 aliphatic carbocycles. The number of para-hydroxylation sites is 2. The van der Waals surface area contributed by atoms with Crippen molar-refractivity contribution in [3.8, 4) is 0 Å². The Bertz CT molecular complexity index is 854. The third kappa shape index (κ3) is 6.29. The lowest BCUT2D eigenvalue weighted by Crippen LogP contribution is -2.36. The fraction of sp³-hybridized carbons (Fsp3) is 0.435. The van der Waals surface area contributed by atoms with Gasteiger partial charge in [0.2, 0.25) is 5.91 Å². The number of anilines is 1.